The summed E-state index contributed by atoms with van der Waals surface area (Å²) in [5.41, 5.74) is 2.18. The van der Waals surface area contributed by atoms with Gasteiger partial charge in [-0.3, -0.25) is 0 Å². The first kappa shape index (κ1) is 12.4. The maximum Gasteiger partial charge on any atom is 0.0539 e. The van der Waals surface area contributed by atoms with Crippen molar-refractivity contribution in [2.45, 2.75) is 18.3 Å². The molecule has 1 unspecified atom stereocenters. The maximum atomic E-state index is 5.52. The number of rotatable bonds is 3. The molecule has 1 N–H and O–H groups in total. The van der Waals surface area contributed by atoms with Crippen molar-refractivity contribution in [1.82, 2.24) is 5.32 Å². The van der Waals surface area contributed by atoms with Gasteiger partial charge in [0.25, 0.3) is 0 Å². The summed E-state index contributed by atoms with van der Waals surface area (Å²) in [6.07, 6.45) is 2.49. The molecule has 2 aromatic rings. The van der Waals surface area contributed by atoms with Crippen LogP contribution >= 0.6 is 0 Å². The first-order valence-corrected chi connectivity index (χ1v) is 7.49. The molecule has 0 amide bonds. The van der Waals surface area contributed by atoms with Crippen LogP contribution in [0.4, 0.5) is 0 Å². The highest BCUT2D eigenvalue weighted by Gasteiger charge is 2.68. The average molecular weight is 267 g/mol. The van der Waals surface area contributed by atoms with Crippen LogP contribution in [0.5, 0.6) is 0 Å². The van der Waals surface area contributed by atoms with Gasteiger partial charge in [-0.1, -0.05) is 42.5 Å². The summed E-state index contributed by atoms with van der Waals surface area (Å²) >= 11 is 0. The molecule has 2 aromatic carbocycles. The highest BCUT2D eigenvalue weighted by Crippen LogP contribution is 2.67. The molecule has 1 saturated carbocycles. The minimum atomic E-state index is 0.322. The minimum absolute atomic E-state index is 0.322. The predicted octanol–water partition coefficient (Wildman–Crippen LogP) is 3.11. The van der Waals surface area contributed by atoms with Gasteiger partial charge in [0.15, 0.2) is 0 Å². The zero-order valence-electron chi connectivity index (χ0n) is 12.0. The third-order valence-electron chi connectivity index (χ3n) is 5.44. The van der Waals surface area contributed by atoms with Crippen molar-refractivity contribution < 1.29 is 4.74 Å². The van der Waals surface area contributed by atoms with Gasteiger partial charge in [-0.25, -0.2) is 0 Å². The Bertz CT molecular complexity index is 649. The molecule has 2 fully saturated rings. The molecular weight excluding hydrogens is 246 g/mol. The molecule has 2 atom stereocenters. The molecule has 4 rings (SSSR count). The lowest BCUT2D eigenvalue weighted by Crippen LogP contribution is -2.40. The monoisotopic (exact) mass is 267 g/mol. The number of piperidine rings is 1. The number of ether oxygens (including phenoxy) is 1. The van der Waals surface area contributed by atoms with Gasteiger partial charge in [0.2, 0.25) is 0 Å². The summed E-state index contributed by atoms with van der Waals surface area (Å²) in [5, 5.41) is 6.24. The topological polar surface area (TPSA) is 21.3 Å². The number of fused-ring (bicyclic) bond motifs is 2. The van der Waals surface area contributed by atoms with Crippen LogP contribution < -0.4 is 5.32 Å². The van der Waals surface area contributed by atoms with Gasteiger partial charge in [-0.15, -0.1) is 0 Å². The molecule has 2 heteroatoms. The summed E-state index contributed by atoms with van der Waals surface area (Å²) in [5.74, 6) is 0. The molecule has 1 aliphatic carbocycles. The van der Waals surface area contributed by atoms with Crippen molar-refractivity contribution in [3.8, 4) is 0 Å². The molecule has 1 aliphatic heterocycles. The van der Waals surface area contributed by atoms with Gasteiger partial charge in [-0.2, -0.15) is 0 Å². The van der Waals surface area contributed by atoms with E-state index in [1.54, 1.807) is 0 Å². The van der Waals surface area contributed by atoms with E-state index < -0.39 is 0 Å². The van der Waals surface area contributed by atoms with E-state index >= 15 is 0 Å². The van der Waals surface area contributed by atoms with E-state index in [1.165, 1.54) is 29.2 Å². The molecule has 1 saturated heterocycles. The molecule has 0 spiro atoms. The number of hydrogen-bond donors (Lipinski definition) is 1. The third kappa shape index (κ3) is 1.58. The average Bonchev–Trinajstić information content (AvgIpc) is 3.17. The highest BCUT2D eigenvalue weighted by molar-refractivity contribution is 5.83. The second-order valence-electron chi connectivity index (χ2n) is 6.46. The van der Waals surface area contributed by atoms with Gasteiger partial charge in [0, 0.05) is 24.5 Å². The van der Waals surface area contributed by atoms with Crippen molar-refractivity contribution in [2.24, 2.45) is 5.41 Å². The first-order valence-electron chi connectivity index (χ1n) is 7.49. The largest absolute Gasteiger partial charge is 0.384 e. The zero-order chi connectivity index (χ0) is 13.6. The molecule has 0 radical (unpaired) electrons. The predicted molar refractivity (Wildman–Crippen MR) is 82.0 cm³/mol. The van der Waals surface area contributed by atoms with Gasteiger partial charge in [0.05, 0.1) is 6.61 Å². The highest BCUT2D eigenvalue weighted by atomic mass is 16.5. The van der Waals surface area contributed by atoms with E-state index in [4.69, 9.17) is 4.74 Å². The van der Waals surface area contributed by atoms with Crippen molar-refractivity contribution in [3.05, 3.63) is 48.0 Å². The van der Waals surface area contributed by atoms with Crippen LogP contribution in [0.3, 0.4) is 0 Å². The van der Waals surface area contributed by atoms with Crippen LogP contribution in [-0.4, -0.2) is 26.8 Å². The summed E-state index contributed by atoms with van der Waals surface area (Å²) in [7, 11) is 1.83. The Balaban J connectivity index is 1.78. The third-order valence-corrected chi connectivity index (χ3v) is 5.44. The van der Waals surface area contributed by atoms with Crippen LogP contribution in [0, 0.1) is 5.41 Å². The summed E-state index contributed by atoms with van der Waals surface area (Å²) < 4.78 is 5.52. The quantitative estimate of drug-likeness (QED) is 0.922. The Morgan fingerprint density at radius 3 is 2.85 bits per heavy atom. The smallest absolute Gasteiger partial charge is 0.0539 e. The minimum Gasteiger partial charge on any atom is -0.384 e. The maximum absolute atomic E-state index is 5.52. The Morgan fingerprint density at radius 2 is 2.00 bits per heavy atom. The van der Waals surface area contributed by atoms with E-state index in [9.17, 15) is 0 Å². The summed E-state index contributed by atoms with van der Waals surface area (Å²) in [6.45, 7) is 3.08. The molecule has 20 heavy (non-hydrogen) atoms. The lowest BCUT2D eigenvalue weighted by atomic mass is 9.80. The fourth-order valence-electron chi connectivity index (χ4n) is 4.30. The molecule has 0 aromatic heterocycles. The fourth-order valence-corrected chi connectivity index (χ4v) is 4.30. The second-order valence-corrected chi connectivity index (χ2v) is 6.46. The summed E-state index contributed by atoms with van der Waals surface area (Å²) in [4.78, 5) is 0. The molecule has 0 bridgehead atoms. The van der Waals surface area contributed by atoms with Crippen LogP contribution in [0.1, 0.15) is 18.4 Å². The van der Waals surface area contributed by atoms with Crippen LogP contribution in [0.2, 0.25) is 0 Å². The molecule has 1 heterocycles. The Hall–Kier alpha value is -1.38. The van der Waals surface area contributed by atoms with Crippen LogP contribution in [0.25, 0.3) is 10.8 Å². The van der Waals surface area contributed by atoms with Crippen molar-refractivity contribution in [1.29, 1.82) is 0 Å². The van der Waals surface area contributed by atoms with E-state index in [2.05, 4.69) is 47.8 Å². The normalized spacial score (nSPS) is 32.0. The van der Waals surface area contributed by atoms with E-state index in [-0.39, 0.29) is 0 Å². The van der Waals surface area contributed by atoms with E-state index in [0.717, 1.165) is 19.7 Å². The number of benzene rings is 2. The van der Waals surface area contributed by atoms with Crippen molar-refractivity contribution >= 4 is 10.8 Å². The Kier molecular flexibility index (Phi) is 2.66. The van der Waals surface area contributed by atoms with Gasteiger partial charge in [0.1, 0.15) is 0 Å². The van der Waals surface area contributed by atoms with Crippen LogP contribution in [-0.2, 0) is 10.2 Å². The van der Waals surface area contributed by atoms with Crippen molar-refractivity contribution in [2.75, 3.05) is 26.8 Å². The second kappa shape index (κ2) is 4.31. The SMILES string of the molecule is COCC12CNCC[C@]1(c1ccc3ccccc3c1)C2. The van der Waals surface area contributed by atoms with E-state index in [0.29, 0.717) is 10.8 Å². The molecule has 104 valence electrons. The lowest BCUT2D eigenvalue weighted by Gasteiger charge is -2.31. The Morgan fingerprint density at radius 1 is 1.15 bits per heavy atom. The standard InChI is InChI=1S/C18H21NO/c1-20-13-17-11-18(17,8-9-19-12-17)16-7-6-14-4-2-3-5-15(14)10-16/h2-7,10,19H,8-9,11-13H2,1H3/t17?,18-/m1/s1. The summed E-state index contributed by atoms with van der Waals surface area (Å²) in [6, 6.07) is 15.7. The lowest BCUT2D eigenvalue weighted by molar-refractivity contribution is 0.116. The number of methoxy groups -OCH3 is 1. The fraction of sp³-hybridized carbons (Fsp3) is 0.444. The molecular formula is C18H21NO. The van der Waals surface area contributed by atoms with Crippen LogP contribution in [0.15, 0.2) is 42.5 Å². The number of hydrogen-bond acceptors (Lipinski definition) is 2. The van der Waals surface area contributed by atoms with Gasteiger partial charge >= 0.3 is 0 Å². The zero-order valence-corrected chi connectivity index (χ0v) is 12.0. The van der Waals surface area contributed by atoms with Gasteiger partial charge < -0.3 is 10.1 Å². The van der Waals surface area contributed by atoms with Crippen molar-refractivity contribution in [3.63, 3.8) is 0 Å². The Labute approximate surface area is 120 Å². The van der Waals surface area contributed by atoms with Gasteiger partial charge in [-0.05, 0) is 35.7 Å². The molecule has 2 nitrogen and oxygen atoms in total. The van der Waals surface area contributed by atoms with E-state index in [1.807, 2.05) is 7.11 Å². The first-order chi connectivity index (χ1) is 9.80. The number of nitrogens with one attached hydrogen (secondary N) is 1. The molecule has 2 aliphatic rings.